The van der Waals surface area contributed by atoms with Crippen LogP contribution in [0.5, 0.6) is 11.5 Å². The van der Waals surface area contributed by atoms with E-state index in [1.54, 1.807) is 13.8 Å². The van der Waals surface area contributed by atoms with Crippen LogP contribution in [0, 0.1) is 0 Å². The van der Waals surface area contributed by atoms with Crippen LogP contribution in [0.1, 0.15) is 30.6 Å². The second-order valence-corrected chi connectivity index (χ2v) is 5.45. The number of urea groups is 1. The zero-order valence-electron chi connectivity index (χ0n) is 14.4. The van der Waals surface area contributed by atoms with Crippen LogP contribution < -0.4 is 10.6 Å². The van der Waals surface area contributed by atoms with Gasteiger partial charge in [0.05, 0.1) is 23.9 Å². The monoisotopic (exact) mass is 364 g/mol. The number of phenols is 2. The summed E-state index contributed by atoms with van der Waals surface area (Å²) >= 11 is 0. The van der Waals surface area contributed by atoms with E-state index in [0.717, 1.165) is 6.07 Å². The van der Waals surface area contributed by atoms with E-state index in [1.807, 2.05) is 0 Å². The topological polar surface area (TPSA) is 134 Å². The van der Waals surface area contributed by atoms with E-state index < -0.39 is 36.4 Å². The van der Waals surface area contributed by atoms with E-state index in [4.69, 9.17) is 9.47 Å². The number of ether oxygens (including phenoxy) is 2. The molecule has 0 unspecified atom stereocenters. The summed E-state index contributed by atoms with van der Waals surface area (Å²) in [5, 5.41) is 24.0. The summed E-state index contributed by atoms with van der Waals surface area (Å²) < 4.78 is 10.1. The number of esters is 2. The number of phenolic OH excluding ortho intramolecular Hbond substituents is 2. The Morgan fingerprint density at radius 3 is 2.50 bits per heavy atom. The average Bonchev–Trinajstić information content (AvgIpc) is 2.59. The molecule has 9 heteroatoms. The minimum Gasteiger partial charge on any atom is -0.508 e. The molecule has 1 aromatic rings. The highest BCUT2D eigenvalue weighted by molar-refractivity contribution is 5.95. The summed E-state index contributed by atoms with van der Waals surface area (Å²) in [4.78, 5) is 36.1. The molecule has 26 heavy (non-hydrogen) atoms. The lowest BCUT2D eigenvalue weighted by Crippen LogP contribution is -2.51. The predicted molar refractivity (Wildman–Crippen MR) is 89.5 cm³/mol. The molecule has 140 valence electrons. The summed E-state index contributed by atoms with van der Waals surface area (Å²) in [6.45, 7) is 3.20. The number of rotatable bonds is 6. The molecule has 2 amide bonds. The molecule has 0 aromatic heterocycles. The van der Waals surface area contributed by atoms with Crippen molar-refractivity contribution >= 4 is 18.0 Å². The zero-order valence-corrected chi connectivity index (χ0v) is 14.4. The number of amides is 2. The van der Waals surface area contributed by atoms with Gasteiger partial charge in [0.15, 0.2) is 0 Å². The molecule has 1 aliphatic heterocycles. The number of hydrogen-bond donors (Lipinski definition) is 4. The maximum Gasteiger partial charge on any atom is 0.342 e. The van der Waals surface area contributed by atoms with Crippen LogP contribution in [-0.2, 0) is 14.3 Å². The van der Waals surface area contributed by atoms with Gasteiger partial charge in [0.1, 0.15) is 23.7 Å². The molecular weight excluding hydrogens is 344 g/mol. The van der Waals surface area contributed by atoms with E-state index in [-0.39, 0.29) is 29.2 Å². The van der Waals surface area contributed by atoms with Crippen molar-refractivity contribution in [3.05, 3.63) is 35.0 Å². The minimum atomic E-state index is -0.876. The van der Waals surface area contributed by atoms with Gasteiger partial charge in [-0.1, -0.05) is 6.92 Å². The number of aromatic hydroxyl groups is 2. The van der Waals surface area contributed by atoms with E-state index in [0.29, 0.717) is 6.42 Å². The van der Waals surface area contributed by atoms with Crippen molar-refractivity contribution in [3.8, 4) is 11.5 Å². The Kier molecular flexibility index (Phi) is 6.05. The molecule has 1 aliphatic rings. The molecule has 1 heterocycles. The maximum absolute atomic E-state index is 12.2. The van der Waals surface area contributed by atoms with Crippen LogP contribution in [0.2, 0.25) is 0 Å². The Morgan fingerprint density at radius 2 is 1.88 bits per heavy atom. The first kappa shape index (κ1) is 19.1. The molecule has 0 spiro atoms. The summed E-state index contributed by atoms with van der Waals surface area (Å²) in [7, 11) is 0. The Bertz CT molecular complexity index is 757. The second kappa shape index (κ2) is 8.24. The van der Waals surface area contributed by atoms with Crippen molar-refractivity contribution in [3.63, 3.8) is 0 Å². The number of benzene rings is 1. The van der Waals surface area contributed by atoms with E-state index >= 15 is 0 Å². The fourth-order valence-electron chi connectivity index (χ4n) is 2.48. The molecule has 0 fully saturated rings. The van der Waals surface area contributed by atoms with Crippen LogP contribution >= 0.6 is 0 Å². The average molecular weight is 364 g/mol. The first-order valence-corrected chi connectivity index (χ1v) is 8.04. The molecule has 1 atom stereocenters. The summed E-state index contributed by atoms with van der Waals surface area (Å²) in [5.41, 5.74) is 0.135. The van der Waals surface area contributed by atoms with Crippen LogP contribution in [0.15, 0.2) is 29.5 Å². The first-order valence-electron chi connectivity index (χ1n) is 8.04. The third-order valence-electron chi connectivity index (χ3n) is 3.70. The molecule has 2 rings (SSSR count). The van der Waals surface area contributed by atoms with Crippen LogP contribution in [0.25, 0.3) is 0 Å². The lowest BCUT2D eigenvalue weighted by atomic mass is 10.0. The van der Waals surface area contributed by atoms with E-state index in [2.05, 4.69) is 10.6 Å². The third kappa shape index (κ3) is 4.24. The number of hydrogen-bond acceptors (Lipinski definition) is 7. The van der Waals surface area contributed by atoms with Crippen molar-refractivity contribution in [2.75, 3.05) is 13.2 Å². The van der Waals surface area contributed by atoms with Gasteiger partial charge < -0.3 is 30.3 Å². The van der Waals surface area contributed by atoms with Crippen molar-refractivity contribution in [2.45, 2.75) is 26.3 Å². The molecule has 9 nitrogen and oxygen atoms in total. The highest BCUT2D eigenvalue weighted by Gasteiger charge is 2.32. The van der Waals surface area contributed by atoms with Crippen molar-refractivity contribution in [1.29, 1.82) is 0 Å². The molecule has 0 bridgehead atoms. The normalized spacial score (nSPS) is 16.5. The Balaban J connectivity index is 2.23. The van der Waals surface area contributed by atoms with Crippen LogP contribution in [0.3, 0.4) is 0 Å². The quantitative estimate of drug-likeness (QED) is 0.557. The van der Waals surface area contributed by atoms with Crippen LogP contribution in [-0.4, -0.2) is 47.4 Å². The fourth-order valence-corrected chi connectivity index (χ4v) is 2.48. The second-order valence-electron chi connectivity index (χ2n) is 5.45. The minimum absolute atomic E-state index is 0.116. The Hall–Kier alpha value is -3.23. The SMILES string of the molecule is CCOC(=O)C1=C(COC(=O)c2ccc(O)cc2O)NC(=O)N[C@@H]1CC. The van der Waals surface area contributed by atoms with Crippen molar-refractivity contribution in [1.82, 2.24) is 10.6 Å². The fraction of sp³-hybridized carbons (Fsp3) is 0.353. The summed E-state index contributed by atoms with van der Waals surface area (Å²) in [6, 6.07) is 2.32. The molecule has 0 saturated carbocycles. The van der Waals surface area contributed by atoms with E-state index in [1.165, 1.54) is 12.1 Å². The first-order chi connectivity index (χ1) is 12.4. The van der Waals surface area contributed by atoms with Gasteiger partial charge >= 0.3 is 18.0 Å². The standard InChI is InChI=1S/C17H20N2O7/c1-3-11-14(16(23)25-4-2)12(19-17(24)18-11)8-26-15(22)10-6-5-9(20)7-13(10)21/h5-7,11,20-21H,3-4,8H2,1-2H3,(H2,18,19,24)/t11-/m1/s1. The largest absolute Gasteiger partial charge is 0.508 e. The predicted octanol–water partition coefficient (Wildman–Crippen LogP) is 1.16. The van der Waals surface area contributed by atoms with Crippen LogP contribution in [0.4, 0.5) is 4.79 Å². The molecule has 0 saturated heterocycles. The van der Waals surface area contributed by atoms with Crippen molar-refractivity contribution < 1.29 is 34.1 Å². The van der Waals surface area contributed by atoms with Gasteiger partial charge in [-0.25, -0.2) is 14.4 Å². The van der Waals surface area contributed by atoms with Gasteiger partial charge in [0.25, 0.3) is 0 Å². The number of nitrogens with one attached hydrogen (secondary N) is 2. The van der Waals surface area contributed by atoms with Gasteiger partial charge in [0.2, 0.25) is 0 Å². The highest BCUT2D eigenvalue weighted by Crippen LogP contribution is 2.24. The lowest BCUT2D eigenvalue weighted by molar-refractivity contribution is -0.139. The summed E-state index contributed by atoms with van der Waals surface area (Å²) in [5.74, 6) is -2.15. The number of carbonyl (C=O) groups excluding carboxylic acids is 3. The van der Waals surface area contributed by atoms with Gasteiger partial charge in [-0.05, 0) is 25.5 Å². The molecule has 0 aliphatic carbocycles. The molecule has 1 aromatic carbocycles. The van der Waals surface area contributed by atoms with Gasteiger partial charge in [-0.2, -0.15) is 0 Å². The van der Waals surface area contributed by atoms with E-state index in [9.17, 15) is 24.6 Å². The molecular formula is C17H20N2O7. The smallest absolute Gasteiger partial charge is 0.342 e. The zero-order chi connectivity index (χ0) is 19.3. The lowest BCUT2D eigenvalue weighted by Gasteiger charge is -2.28. The van der Waals surface area contributed by atoms with Gasteiger partial charge in [-0.3, -0.25) is 0 Å². The molecule has 0 radical (unpaired) electrons. The number of carbonyl (C=O) groups is 3. The summed E-state index contributed by atoms with van der Waals surface area (Å²) in [6.07, 6.45) is 0.442. The molecule has 4 N–H and O–H groups in total. The van der Waals surface area contributed by atoms with Crippen molar-refractivity contribution in [2.24, 2.45) is 0 Å². The third-order valence-corrected chi connectivity index (χ3v) is 3.70. The Morgan fingerprint density at radius 1 is 1.15 bits per heavy atom. The maximum atomic E-state index is 12.2. The highest BCUT2D eigenvalue weighted by atomic mass is 16.5. The van der Waals surface area contributed by atoms with Gasteiger partial charge in [0, 0.05) is 6.07 Å². The van der Waals surface area contributed by atoms with Gasteiger partial charge in [-0.15, -0.1) is 0 Å². The Labute approximate surface area is 149 Å².